The predicted octanol–water partition coefficient (Wildman–Crippen LogP) is 2.08. The van der Waals surface area contributed by atoms with Gasteiger partial charge in [-0.05, 0) is 37.3 Å². The minimum absolute atomic E-state index is 0.0213. The Bertz CT molecular complexity index is 760. The van der Waals surface area contributed by atoms with Crippen LogP contribution in [0.5, 0.6) is 5.75 Å². The van der Waals surface area contributed by atoms with Gasteiger partial charge >= 0.3 is 0 Å². The largest absolute Gasteiger partial charge is 0.495 e. The van der Waals surface area contributed by atoms with Crippen LogP contribution in [0.15, 0.2) is 48.5 Å². The lowest BCUT2D eigenvalue weighted by Gasteiger charge is -2.36. The molecule has 1 heterocycles. The van der Waals surface area contributed by atoms with E-state index in [1.807, 2.05) is 37.3 Å². The number of quaternary nitrogens is 1. The number of nitrogens with zero attached hydrogens (tertiary/aromatic N) is 1. The molecular weight excluding hydrogens is 350 g/mol. The summed E-state index contributed by atoms with van der Waals surface area (Å²) in [6, 6.07) is 15.2. The number of piperazine rings is 1. The number of halogens is 1. The van der Waals surface area contributed by atoms with Gasteiger partial charge in [-0.25, -0.2) is 0 Å². The Morgan fingerprint density at radius 1 is 1.19 bits per heavy atom. The zero-order valence-corrected chi connectivity index (χ0v) is 15.9. The lowest BCUT2D eigenvalue weighted by atomic mass is 10.2. The standard InChI is InChI=1S/C20H24ClN3O2/c1-15(20(25)22-17-7-5-6-16(21)14-17)23-10-12-24(13-11-23)18-8-3-4-9-19(18)26-2/h3-9,14-15H,10-13H2,1-2H3,(H,22,25)/p+1/t15-/m0/s1. The molecule has 5 nitrogen and oxygen atoms in total. The number of carbonyl (C=O) groups excluding carboxylic acids is 1. The summed E-state index contributed by atoms with van der Waals surface area (Å²) in [4.78, 5) is 16.2. The Labute approximate surface area is 159 Å². The van der Waals surface area contributed by atoms with Crippen molar-refractivity contribution < 1.29 is 14.4 Å². The summed E-state index contributed by atoms with van der Waals surface area (Å²) in [5.74, 6) is 0.913. The highest BCUT2D eigenvalue weighted by Gasteiger charge is 2.30. The van der Waals surface area contributed by atoms with E-state index >= 15 is 0 Å². The summed E-state index contributed by atoms with van der Waals surface area (Å²) in [5.41, 5.74) is 1.85. The zero-order valence-electron chi connectivity index (χ0n) is 15.2. The van der Waals surface area contributed by atoms with E-state index in [0.29, 0.717) is 5.02 Å². The number of benzene rings is 2. The number of anilines is 2. The number of methoxy groups -OCH3 is 1. The van der Waals surface area contributed by atoms with E-state index in [4.69, 9.17) is 16.3 Å². The van der Waals surface area contributed by atoms with Gasteiger partial charge in [-0.2, -0.15) is 0 Å². The van der Waals surface area contributed by atoms with Gasteiger partial charge < -0.3 is 19.9 Å². The van der Waals surface area contributed by atoms with Crippen molar-refractivity contribution in [2.45, 2.75) is 13.0 Å². The van der Waals surface area contributed by atoms with E-state index in [9.17, 15) is 4.79 Å². The van der Waals surface area contributed by atoms with Gasteiger partial charge in [-0.1, -0.05) is 29.8 Å². The summed E-state index contributed by atoms with van der Waals surface area (Å²) >= 11 is 5.98. The van der Waals surface area contributed by atoms with E-state index in [1.54, 1.807) is 19.2 Å². The van der Waals surface area contributed by atoms with Crippen LogP contribution in [0.3, 0.4) is 0 Å². The molecule has 2 aromatic rings. The fraction of sp³-hybridized carbons (Fsp3) is 0.350. The smallest absolute Gasteiger partial charge is 0.282 e. The van der Waals surface area contributed by atoms with Crippen molar-refractivity contribution in [3.63, 3.8) is 0 Å². The van der Waals surface area contributed by atoms with Gasteiger partial charge in [-0.15, -0.1) is 0 Å². The van der Waals surface area contributed by atoms with Crippen molar-refractivity contribution in [1.82, 2.24) is 0 Å². The molecule has 0 aromatic heterocycles. The van der Waals surface area contributed by atoms with E-state index < -0.39 is 0 Å². The minimum Gasteiger partial charge on any atom is -0.495 e. The average molecular weight is 375 g/mol. The summed E-state index contributed by atoms with van der Waals surface area (Å²) < 4.78 is 5.46. The van der Waals surface area contributed by atoms with Gasteiger partial charge in [0.15, 0.2) is 6.04 Å². The molecule has 1 aliphatic rings. The number of rotatable bonds is 5. The van der Waals surface area contributed by atoms with Crippen LogP contribution in [0.1, 0.15) is 6.92 Å². The third kappa shape index (κ3) is 4.29. The third-order valence-electron chi connectivity index (χ3n) is 4.93. The third-order valence-corrected chi connectivity index (χ3v) is 5.16. The van der Waals surface area contributed by atoms with Crippen LogP contribution < -0.4 is 19.9 Å². The van der Waals surface area contributed by atoms with Gasteiger partial charge in [0.25, 0.3) is 5.91 Å². The maximum atomic E-state index is 12.6. The highest BCUT2D eigenvalue weighted by atomic mass is 35.5. The fourth-order valence-corrected chi connectivity index (χ4v) is 3.55. The van der Waals surface area contributed by atoms with E-state index in [0.717, 1.165) is 43.3 Å². The summed E-state index contributed by atoms with van der Waals surface area (Å²) in [5, 5.41) is 3.58. The fourth-order valence-electron chi connectivity index (χ4n) is 3.36. The molecule has 0 spiro atoms. The van der Waals surface area contributed by atoms with Crippen molar-refractivity contribution in [1.29, 1.82) is 0 Å². The molecule has 1 fully saturated rings. The van der Waals surface area contributed by atoms with Crippen LogP contribution in [-0.4, -0.2) is 45.2 Å². The van der Waals surface area contributed by atoms with Crippen LogP contribution in [0.25, 0.3) is 0 Å². The molecule has 0 saturated carbocycles. The Kier molecular flexibility index (Phi) is 6.01. The van der Waals surface area contributed by atoms with E-state index in [-0.39, 0.29) is 11.9 Å². The number of amides is 1. The van der Waals surface area contributed by atoms with E-state index in [1.165, 1.54) is 4.90 Å². The SMILES string of the molecule is COc1ccccc1N1CC[NH+]([C@@H](C)C(=O)Nc2cccc(Cl)c2)CC1. The lowest BCUT2D eigenvalue weighted by molar-refractivity contribution is -0.914. The topological polar surface area (TPSA) is 46.0 Å². The highest BCUT2D eigenvalue weighted by Crippen LogP contribution is 2.27. The first kappa shape index (κ1) is 18.5. The molecule has 26 heavy (non-hydrogen) atoms. The Balaban J connectivity index is 1.58. The number of hydrogen-bond acceptors (Lipinski definition) is 3. The Hall–Kier alpha value is -2.24. The maximum absolute atomic E-state index is 12.6. The molecule has 1 atom stereocenters. The number of ether oxygens (including phenoxy) is 1. The number of hydrogen-bond donors (Lipinski definition) is 2. The first-order valence-electron chi connectivity index (χ1n) is 8.87. The van der Waals surface area contributed by atoms with Crippen LogP contribution in [0, 0.1) is 0 Å². The number of para-hydroxylation sites is 2. The van der Waals surface area contributed by atoms with Crippen molar-refractivity contribution >= 4 is 28.9 Å². The minimum atomic E-state index is -0.117. The molecule has 1 amide bonds. The van der Waals surface area contributed by atoms with Crippen LogP contribution in [0.4, 0.5) is 11.4 Å². The van der Waals surface area contributed by atoms with E-state index in [2.05, 4.69) is 16.3 Å². The van der Waals surface area contributed by atoms with Gasteiger partial charge in [0.2, 0.25) is 0 Å². The van der Waals surface area contributed by atoms with Gasteiger partial charge in [0, 0.05) is 10.7 Å². The van der Waals surface area contributed by atoms with Gasteiger partial charge in [-0.3, -0.25) is 4.79 Å². The van der Waals surface area contributed by atoms with Crippen molar-refractivity contribution in [3.8, 4) is 5.75 Å². The quantitative estimate of drug-likeness (QED) is 0.842. The second-order valence-electron chi connectivity index (χ2n) is 6.54. The Morgan fingerprint density at radius 2 is 1.92 bits per heavy atom. The second kappa shape index (κ2) is 8.43. The molecule has 1 aliphatic heterocycles. The second-order valence-corrected chi connectivity index (χ2v) is 6.97. The van der Waals surface area contributed by atoms with Crippen LogP contribution >= 0.6 is 11.6 Å². The normalized spacial score (nSPS) is 16.2. The molecule has 2 aromatic carbocycles. The van der Waals surface area contributed by atoms with Gasteiger partial charge in [0.1, 0.15) is 5.75 Å². The van der Waals surface area contributed by atoms with Gasteiger partial charge in [0.05, 0.1) is 39.0 Å². The Morgan fingerprint density at radius 3 is 2.62 bits per heavy atom. The molecule has 1 saturated heterocycles. The summed E-state index contributed by atoms with van der Waals surface area (Å²) in [6.45, 7) is 5.58. The molecule has 138 valence electrons. The molecule has 0 unspecified atom stereocenters. The number of carbonyl (C=O) groups is 1. The number of nitrogens with one attached hydrogen (secondary N) is 2. The summed E-state index contributed by atoms with van der Waals surface area (Å²) in [6.07, 6.45) is 0. The molecular formula is C20H25ClN3O2+. The van der Waals surface area contributed by atoms with Crippen molar-refractivity contribution in [2.75, 3.05) is 43.5 Å². The predicted molar refractivity (Wildman–Crippen MR) is 105 cm³/mol. The van der Waals surface area contributed by atoms with Crippen LogP contribution in [0.2, 0.25) is 5.02 Å². The molecule has 2 N–H and O–H groups in total. The molecule has 0 bridgehead atoms. The zero-order chi connectivity index (χ0) is 18.5. The average Bonchev–Trinajstić information content (AvgIpc) is 2.67. The highest BCUT2D eigenvalue weighted by molar-refractivity contribution is 6.30. The monoisotopic (exact) mass is 374 g/mol. The molecule has 6 heteroatoms. The lowest BCUT2D eigenvalue weighted by Crippen LogP contribution is -3.19. The molecule has 0 aliphatic carbocycles. The molecule has 3 rings (SSSR count). The maximum Gasteiger partial charge on any atom is 0.282 e. The van der Waals surface area contributed by atoms with Crippen molar-refractivity contribution in [2.24, 2.45) is 0 Å². The summed E-state index contributed by atoms with van der Waals surface area (Å²) in [7, 11) is 1.70. The first-order chi connectivity index (χ1) is 12.6. The first-order valence-corrected chi connectivity index (χ1v) is 9.25. The molecule has 0 radical (unpaired) electrons. The van der Waals surface area contributed by atoms with Crippen LogP contribution in [-0.2, 0) is 4.79 Å². The van der Waals surface area contributed by atoms with Crippen molar-refractivity contribution in [3.05, 3.63) is 53.6 Å².